The molecule has 18 heavy (non-hydrogen) atoms. The Kier molecular flexibility index (Phi) is 6.92. The zero-order valence-electron chi connectivity index (χ0n) is 10.8. The van der Waals surface area contributed by atoms with Crippen LogP contribution < -0.4 is 10.0 Å². The molecule has 1 heterocycles. The molecule has 0 saturated carbocycles. The van der Waals surface area contributed by atoms with Crippen molar-refractivity contribution in [1.29, 1.82) is 0 Å². The van der Waals surface area contributed by atoms with Crippen LogP contribution in [0.1, 0.15) is 19.8 Å². The van der Waals surface area contributed by atoms with Gasteiger partial charge in [-0.25, -0.2) is 18.1 Å². The van der Waals surface area contributed by atoms with Gasteiger partial charge in [0.25, 0.3) is 0 Å². The van der Waals surface area contributed by atoms with Gasteiger partial charge in [-0.15, -0.1) is 0 Å². The van der Waals surface area contributed by atoms with Crippen LogP contribution in [-0.2, 0) is 16.6 Å². The fourth-order valence-corrected chi connectivity index (χ4v) is 2.67. The van der Waals surface area contributed by atoms with E-state index in [0.29, 0.717) is 13.0 Å². The number of hydrogen-bond acceptors (Lipinski definition) is 4. The molecule has 0 bridgehead atoms. The smallest absolute Gasteiger partial charge is 0.211 e. The molecular formula is C11H22N4O2S. The van der Waals surface area contributed by atoms with Crippen molar-refractivity contribution in [2.45, 2.75) is 26.3 Å². The lowest BCUT2D eigenvalue weighted by Crippen LogP contribution is -2.29. The Morgan fingerprint density at radius 2 is 2.11 bits per heavy atom. The molecule has 1 aromatic heterocycles. The largest absolute Gasteiger partial charge is 0.337 e. The van der Waals surface area contributed by atoms with E-state index in [4.69, 9.17) is 0 Å². The van der Waals surface area contributed by atoms with Crippen LogP contribution in [0.4, 0.5) is 0 Å². The Labute approximate surface area is 109 Å². The first-order valence-corrected chi connectivity index (χ1v) is 7.93. The van der Waals surface area contributed by atoms with Crippen molar-refractivity contribution in [3.8, 4) is 0 Å². The van der Waals surface area contributed by atoms with E-state index in [1.807, 2.05) is 17.7 Å². The van der Waals surface area contributed by atoms with E-state index < -0.39 is 10.0 Å². The monoisotopic (exact) mass is 274 g/mol. The van der Waals surface area contributed by atoms with Crippen LogP contribution in [0.3, 0.4) is 0 Å². The van der Waals surface area contributed by atoms with E-state index in [-0.39, 0.29) is 5.75 Å². The van der Waals surface area contributed by atoms with Crippen LogP contribution in [0.5, 0.6) is 0 Å². The summed E-state index contributed by atoms with van der Waals surface area (Å²) in [6.45, 7) is 4.87. The Morgan fingerprint density at radius 3 is 2.78 bits per heavy atom. The standard InChI is InChI=1S/C11H22N4O2S/c1-2-12-5-4-10-18(16,17)14-6-3-8-15-9-7-13-11-15/h7,9,11-12,14H,2-6,8,10H2,1H3. The van der Waals surface area contributed by atoms with Crippen LogP contribution in [-0.4, -0.2) is 43.4 Å². The Bertz CT molecular complexity index is 403. The van der Waals surface area contributed by atoms with Gasteiger partial charge in [-0.05, 0) is 25.9 Å². The van der Waals surface area contributed by atoms with E-state index in [2.05, 4.69) is 15.0 Å². The molecule has 0 atom stereocenters. The van der Waals surface area contributed by atoms with Crippen molar-refractivity contribution in [2.24, 2.45) is 0 Å². The Hall–Kier alpha value is -0.920. The molecule has 0 unspecified atom stereocenters. The molecule has 0 amide bonds. The quantitative estimate of drug-likeness (QED) is 0.597. The molecule has 0 aliphatic rings. The topological polar surface area (TPSA) is 76.0 Å². The van der Waals surface area contributed by atoms with Crippen molar-refractivity contribution in [1.82, 2.24) is 19.6 Å². The van der Waals surface area contributed by atoms with Crippen LogP contribution in [0, 0.1) is 0 Å². The van der Waals surface area contributed by atoms with Gasteiger partial charge in [0.05, 0.1) is 12.1 Å². The fraction of sp³-hybridized carbons (Fsp3) is 0.727. The zero-order chi connectivity index (χ0) is 13.3. The molecule has 0 aliphatic carbocycles. The van der Waals surface area contributed by atoms with Crippen molar-refractivity contribution in [3.05, 3.63) is 18.7 Å². The summed E-state index contributed by atoms with van der Waals surface area (Å²) in [6.07, 6.45) is 6.72. The van der Waals surface area contributed by atoms with Gasteiger partial charge in [0, 0.05) is 25.5 Å². The van der Waals surface area contributed by atoms with E-state index >= 15 is 0 Å². The number of hydrogen-bond donors (Lipinski definition) is 2. The van der Waals surface area contributed by atoms with Crippen molar-refractivity contribution >= 4 is 10.0 Å². The summed E-state index contributed by atoms with van der Waals surface area (Å²) in [5.74, 6) is 0.186. The first-order valence-electron chi connectivity index (χ1n) is 6.28. The van der Waals surface area contributed by atoms with Gasteiger partial charge in [0.1, 0.15) is 0 Å². The average Bonchev–Trinajstić information content (AvgIpc) is 2.83. The highest BCUT2D eigenvalue weighted by atomic mass is 32.2. The van der Waals surface area contributed by atoms with Gasteiger partial charge in [-0.2, -0.15) is 0 Å². The summed E-state index contributed by atoms with van der Waals surface area (Å²) in [4.78, 5) is 3.92. The number of sulfonamides is 1. The number of aryl methyl sites for hydroxylation is 1. The summed E-state index contributed by atoms with van der Waals surface area (Å²) < 4.78 is 27.7. The van der Waals surface area contributed by atoms with Gasteiger partial charge in [-0.1, -0.05) is 6.92 Å². The molecule has 1 rings (SSSR count). The fourth-order valence-electron chi connectivity index (χ4n) is 1.54. The zero-order valence-corrected chi connectivity index (χ0v) is 11.6. The highest BCUT2D eigenvalue weighted by Crippen LogP contribution is 1.92. The molecule has 0 aliphatic heterocycles. The maximum absolute atomic E-state index is 11.6. The van der Waals surface area contributed by atoms with Crippen molar-refractivity contribution < 1.29 is 8.42 Å². The first-order chi connectivity index (χ1) is 8.64. The molecule has 7 heteroatoms. The molecule has 6 nitrogen and oxygen atoms in total. The number of aromatic nitrogens is 2. The number of nitrogens with one attached hydrogen (secondary N) is 2. The molecule has 0 aromatic carbocycles. The predicted octanol–water partition coefficient (Wildman–Crippen LogP) is 0.192. The van der Waals surface area contributed by atoms with E-state index in [9.17, 15) is 8.42 Å². The van der Waals surface area contributed by atoms with Crippen molar-refractivity contribution in [2.75, 3.05) is 25.4 Å². The second kappa shape index (κ2) is 8.23. The minimum atomic E-state index is -3.12. The van der Waals surface area contributed by atoms with E-state index in [0.717, 1.165) is 26.1 Å². The third kappa shape index (κ3) is 6.73. The molecular weight excluding hydrogens is 252 g/mol. The van der Waals surface area contributed by atoms with E-state index in [1.54, 1.807) is 12.5 Å². The van der Waals surface area contributed by atoms with Gasteiger partial charge >= 0.3 is 0 Å². The van der Waals surface area contributed by atoms with Crippen LogP contribution in [0.15, 0.2) is 18.7 Å². The second-order valence-electron chi connectivity index (χ2n) is 4.07. The van der Waals surface area contributed by atoms with Crippen LogP contribution in [0.25, 0.3) is 0 Å². The second-order valence-corrected chi connectivity index (χ2v) is 6.00. The highest BCUT2D eigenvalue weighted by molar-refractivity contribution is 7.89. The first kappa shape index (κ1) is 15.1. The van der Waals surface area contributed by atoms with Gasteiger partial charge in [-0.3, -0.25) is 0 Å². The minimum Gasteiger partial charge on any atom is -0.337 e. The lowest BCUT2D eigenvalue weighted by atomic mass is 10.4. The normalized spacial score (nSPS) is 11.8. The third-order valence-corrected chi connectivity index (χ3v) is 3.96. The maximum atomic E-state index is 11.6. The summed E-state index contributed by atoms with van der Waals surface area (Å²) in [5, 5.41) is 3.10. The third-order valence-electron chi connectivity index (χ3n) is 2.49. The SMILES string of the molecule is CCNCCCS(=O)(=O)NCCCn1ccnc1. The van der Waals surface area contributed by atoms with Crippen LogP contribution >= 0.6 is 0 Å². The van der Waals surface area contributed by atoms with Gasteiger partial charge < -0.3 is 9.88 Å². The summed E-state index contributed by atoms with van der Waals surface area (Å²) in [6, 6.07) is 0. The number of nitrogens with zero attached hydrogens (tertiary/aromatic N) is 2. The molecule has 104 valence electrons. The number of imidazole rings is 1. The minimum absolute atomic E-state index is 0.186. The lowest BCUT2D eigenvalue weighted by molar-refractivity contribution is 0.565. The molecule has 1 aromatic rings. The molecule has 0 radical (unpaired) electrons. The molecule has 0 spiro atoms. The molecule has 2 N–H and O–H groups in total. The Balaban J connectivity index is 2.09. The number of rotatable bonds is 10. The van der Waals surface area contributed by atoms with Gasteiger partial charge in [0.2, 0.25) is 10.0 Å². The molecule has 0 saturated heterocycles. The average molecular weight is 274 g/mol. The van der Waals surface area contributed by atoms with Crippen LogP contribution in [0.2, 0.25) is 0 Å². The maximum Gasteiger partial charge on any atom is 0.211 e. The van der Waals surface area contributed by atoms with E-state index in [1.165, 1.54) is 0 Å². The summed E-state index contributed by atoms with van der Waals surface area (Å²) >= 11 is 0. The Morgan fingerprint density at radius 1 is 1.28 bits per heavy atom. The van der Waals surface area contributed by atoms with Crippen molar-refractivity contribution in [3.63, 3.8) is 0 Å². The van der Waals surface area contributed by atoms with Gasteiger partial charge in [0.15, 0.2) is 0 Å². The predicted molar refractivity (Wildman–Crippen MR) is 71.8 cm³/mol. The highest BCUT2D eigenvalue weighted by Gasteiger charge is 2.08. The lowest BCUT2D eigenvalue weighted by Gasteiger charge is -2.07. The summed E-state index contributed by atoms with van der Waals surface area (Å²) in [5.41, 5.74) is 0. The molecule has 0 fully saturated rings. The summed E-state index contributed by atoms with van der Waals surface area (Å²) in [7, 11) is -3.12.